The third-order valence-corrected chi connectivity index (χ3v) is 3.91. The van der Waals surface area contributed by atoms with E-state index in [1.54, 1.807) is 37.3 Å². The van der Waals surface area contributed by atoms with Gasteiger partial charge in [-0.25, -0.2) is 5.43 Å². The molecule has 0 radical (unpaired) electrons. The number of carbonyl (C=O) groups excluding carboxylic acids is 1. The highest BCUT2D eigenvalue weighted by Gasteiger charge is 2.13. The van der Waals surface area contributed by atoms with E-state index in [2.05, 4.69) is 15.5 Å². The lowest BCUT2D eigenvalue weighted by Crippen LogP contribution is -2.33. The average Bonchev–Trinajstić information content (AvgIpc) is 2.63. The zero-order valence-corrected chi connectivity index (χ0v) is 14.7. The van der Waals surface area contributed by atoms with Gasteiger partial charge in [0, 0.05) is 10.5 Å². The number of aromatic nitrogens is 1. The summed E-state index contributed by atoms with van der Waals surface area (Å²) in [6.07, 6.45) is 0.543. The highest BCUT2D eigenvalue weighted by molar-refractivity contribution is 6.30. The van der Waals surface area contributed by atoms with Gasteiger partial charge in [0.05, 0.1) is 11.8 Å². The summed E-state index contributed by atoms with van der Waals surface area (Å²) in [5, 5.41) is 5.30. The number of rotatable bonds is 5. The lowest BCUT2D eigenvalue weighted by atomic mass is 10.2. The number of para-hydroxylation sites is 1. The molecule has 132 valence electrons. The number of pyridine rings is 1. The molecule has 1 amide bonds. The Kier molecular flexibility index (Phi) is 5.34. The second kappa shape index (κ2) is 7.84. The van der Waals surface area contributed by atoms with E-state index in [9.17, 15) is 9.59 Å². The van der Waals surface area contributed by atoms with Crippen LogP contribution in [-0.2, 0) is 4.79 Å². The van der Waals surface area contributed by atoms with Gasteiger partial charge in [-0.15, -0.1) is 0 Å². The molecular weight excluding hydrogens is 354 g/mol. The van der Waals surface area contributed by atoms with E-state index in [0.29, 0.717) is 16.3 Å². The predicted octanol–water partition coefficient (Wildman–Crippen LogP) is 3.10. The number of halogens is 1. The first kappa shape index (κ1) is 17.7. The van der Waals surface area contributed by atoms with Crippen LogP contribution in [0, 0.1) is 0 Å². The number of benzene rings is 2. The summed E-state index contributed by atoms with van der Waals surface area (Å²) in [7, 11) is 0. The third kappa shape index (κ3) is 4.29. The van der Waals surface area contributed by atoms with Gasteiger partial charge in [-0.1, -0.05) is 29.8 Å². The summed E-state index contributed by atoms with van der Waals surface area (Å²) in [6, 6.07) is 15.8. The minimum absolute atomic E-state index is 0.285. The maximum atomic E-state index is 12.0. The van der Waals surface area contributed by atoms with Crippen molar-refractivity contribution in [3.63, 3.8) is 0 Å². The normalized spacial score (nSPS) is 12.2. The average molecular weight is 370 g/mol. The minimum atomic E-state index is -0.761. The molecule has 1 atom stereocenters. The fourth-order valence-corrected chi connectivity index (χ4v) is 2.41. The molecule has 2 N–H and O–H groups in total. The molecule has 0 aliphatic carbocycles. The van der Waals surface area contributed by atoms with Gasteiger partial charge in [0.1, 0.15) is 5.75 Å². The molecule has 0 aliphatic rings. The van der Waals surface area contributed by atoms with Crippen LogP contribution in [0.25, 0.3) is 10.9 Å². The standard InChI is InChI=1S/C19H16ClN3O3/c1-12(26-16-8-6-15(20)7-9-16)18(24)23-21-11-14-10-13-4-2-3-5-17(13)22-19(14)25/h2-12H,1H3,(H,22,25)(H,23,24). The SMILES string of the molecule is CC(Oc1ccc(Cl)cc1)C(=O)NN=Cc1cc2ccccc2[nH]c1=O. The number of fused-ring (bicyclic) bond motifs is 1. The first-order valence-corrected chi connectivity index (χ1v) is 8.28. The molecule has 3 aromatic rings. The summed E-state index contributed by atoms with van der Waals surface area (Å²) in [4.78, 5) is 26.8. The maximum absolute atomic E-state index is 12.0. The van der Waals surface area contributed by atoms with Crippen LogP contribution in [0.1, 0.15) is 12.5 Å². The van der Waals surface area contributed by atoms with E-state index >= 15 is 0 Å². The lowest BCUT2D eigenvalue weighted by molar-refractivity contribution is -0.127. The summed E-state index contributed by atoms with van der Waals surface area (Å²) in [5.41, 5.74) is 3.16. The quantitative estimate of drug-likeness (QED) is 0.535. The number of hydrazone groups is 1. The first-order chi connectivity index (χ1) is 12.5. The molecule has 0 saturated heterocycles. The van der Waals surface area contributed by atoms with Gasteiger partial charge in [0.2, 0.25) is 0 Å². The molecule has 0 bridgehead atoms. The summed E-state index contributed by atoms with van der Waals surface area (Å²) < 4.78 is 5.50. The molecule has 7 heteroatoms. The molecule has 6 nitrogen and oxygen atoms in total. The van der Waals surface area contributed by atoms with Crippen molar-refractivity contribution in [1.29, 1.82) is 0 Å². The highest BCUT2D eigenvalue weighted by atomic mass is 35.5. The largest absolute Gasteiger partial charge is 0.481 e. The van der Waals surface area contributed by atoms with Crippen LogP contribution < -0.4 is 15.7 Å². The second-order valence-electron chi connectivity index (χ2n) is 5.59. The summed E-state index contributed by atoms with van der Waals surface area (Å²) in [6.45, 7) is 1.60. The molecule has 26 heavy (non-hydrogen) atoms. The number of hydrogen-bond acceptors (Lipinski definition) is 4. The summed E-state index contributed by atoms with van der Waals surface area (Å²) in [5.74, 6) is 0.0837. The van der Waals surface area contributed by atoms with Crippen LogP contribution in [-0.4, -0.2) is 23.2 Å². The van der Waals surface area contributed by atoms with Crippen LogP contribution in [0.15, 0.2) is 64.5 Å². The Morgan fingerprint density at radius 2 is 1.96 bits per heavy atom. The van der Waals surface area contributed by atoms with Crippen LogP contribution >= 0.6 is 11.6 Å². The van der Waals surface area contributed by atoms with Crippen LogP contribution in [0.5, 0.6) is 5.75 Å². The van der Waals surface area contributed by atoms with E-state index in [1.165, 1.54) is 6.21 Å². The zero-order valence-electron chi connectivity index (χ0n) is 13.9. The first-order valence-electron chi connectivity index (χ1n) is 7.90. The topological polar surface area (TPSA) is 83.5 Å². The number of nitrogens with zero attached hydrogens (tertiary/aromatic N) is 1. The van der Waals surface area contributed by atoms with Crippen molar-refractivity contribution >= 4 is 34.6 Å². The Morgan fingerprint density at radius 3 is 2.73 bits per heavy atom. The molecule has 0 saturated carbocycles. The van der Waals surface area contributed by atoms with Gasteiger partial charge in [-0.3, -0.25) is 9.59 Å². The number of amides is 1. The van der Waals surface area contributed by atoms with E-state index in [4.69, 9.17) is 16.3 Å². The lowest BCUT2D eigenvalue weighted by Gasteiger charge is -2.12. The van der Waals surface area contributed by atoms with Crippen molar-refractivity contribution in [3.05, 3.63) is 75.5 Å². The van der Waals surface area contributed by atoms with Crippen molar-refractivity contribution in [3.8, 4) is 5.75 Å². The predicted molar refractivity (Wildman–Crippen MR) is 102 cm³/mol. The van der Waals surface area contributed by atoms with Crippen molar-refractivity contribution < 1.29 is 9.53 Å². The second-order valence-corrected chi connectivity index (χ2v) is 6.03. The molecule has 1 aromatic heterocycles. The van der Waals surface area contributed by atoms with Crippen LogP contribution in [0.2, 0.25) is 5.02 Å². The van der Waals surface area contributed by atoms with Gasteiger partial charge in [-0.05, 0) is 48.7 Å². The number of ether oxygens (including phenoxy) is 1. The maximum Gasteiger partial charge on any atom is 0.280 e. The fourth-order valence-electron chi connectivity index (χ4n) is 2.29. The molecule has 3 rings (SSSR count). The van der Waals surface area contributed by atoms with Crippen LogP contribution in [0.4, 0.5) is 0 Å². The van der Waals surface area contributed by atoms with Gasteiger partial charge in [-0.2, -0.15) is 5.10 Å². The number of H-pyrrole nitrogens is 1. The Morgan fingerprint density at radius 1 is 1.23 bits per heavy atom. The molecule has 0 fully saturated rings. The highest BCUT2D eigenvalue weighted by Crippen LogP contribution is 2.16. The van der Waals surface area contributed by atoms with Gasteiger partial charge < -0.3 is 9.72 Å². The number of hydrogen-bond donors (Lipinski definition) is 2. The molecule has 1 unspecified atom stereocenters. The molecule has 0 spiro atoms. The van der Waals surface area contributed by atoms with Gasteiger partial charge in [0.15, 0.2) is 6.10 Å². The Bertz CT molecular complexity index is 1010. The van der Waals surface area contributed by atoms with E-state index in [0.717, 1.165) is 10.9 Å². The van der Waals surface area contributed by atoms with Crippen LogP contribution in [0.3, 0.4) is 0 Å². The Labute approximate surface area is 154 Å². The molecule has 1 heterocycles. The zero-order chi connectivity index (χ0) is 18.5. The summed E-state index contributed by atoms with van der Waals surface area (Å²) >= 11 is 5.80. The van der Waals surface area contributed by atoms with Crippen molar-refractivity contribution in [2.75, 3.05) is 0 Å². The number of aromatic amines is 1. The Balaban J connectivity index is 1.64. The third-order valence-electron chi connectivity index (χ3n) is 3.66. The number of carbonyl (C=O) groups is 1. The van der Waals surface area contributed by atoms with Crippen molar-refractivity contribution in [2.24, 2.45) is 5.10 Å². The van der Waals surface area contributed by atoms with E-state index in [-0.39, 0.29) is 5.56 Å². The molecule has 0 aliphatic heterocycles. The number of nitrogens with one attached hydrogen (secondary N) is 2. The van der Waals surface area contributed by atoms with E-state index < -0.39 is 12.0 Å². The van der Waals surface area contributed by atoms with Crippen molar-refractivity contribution in [2.45, 2.75) is 13.0 Å². The fraction of sp³-hybridized carbons (Fsp3) is 0.105. The van der Waals surface area contributed by atoms with Gasteiger partial charge >= 0.3 is 0 Å². The van der Waals surface area contributed by atoms with E-state index in [1.807, 2.05) is 24.3 Å². The van der Waals surface area contributed by atoms with Gasteiger partial charge in [0.25, 0.3) is 11.5 Å². The molecule has 2 aromatic carbocycles. The molecular formula is C19H16ClN3O3. The monoisotopic (exact) mass is 369 g/mol. The smallest absolute Gasteiger partial charge is 0.280 e. The minimum Gasteiger partial charge on any atom is -0.481 e. The Hall–Kier alpha value is -3.12. The van der Waals surface area contributed by atoms with Crippen molar-refractivity contribution in [1.82, 2.24) is 10.4 Å².